The van der Waals surface area contributed by atoms with Gasteiger partial charge in [-0.1, -0.05) is 38.0 Å². The van der Waals surface area contributed by atoms with Crippen molar-refractivity contribution in [3.05, 3.63) is 36.0 Å². The summed E-state index contributed by atoms with van der Waals surface area (Å²) in [5.74, 6) is 0.672. The molecule has 2 atom stereocenters. The standard InChI is InChI=1S/C17H22N4S/c1-12-6-2-4-8-15(12)20-17(22)21-19-11-13-10-18-16-9-5-3-7-14(13)16/h3,5,7,9-12,15,18H,2,4,6,8H2,1H3,(H2,20,21,22)/b19-11+/t12-,15-/m1/s1. The largest absolute Gasteiger partial charge is 0.361 e. The summed E-state index contributed by atoms with van der Waals surface area (Å²) in [7, 11) is 0. The van der Waals surface area contributed by atoms with Gasteiger partial charge in [0.15, 0.2) is 5.11 Å². The Bertz CT molecular complexity index is 676. The molecule has 1 aliphatic rings. The van der Waals surface area contributed by atoms with Crippen molar-refractivity contribution in [3.8, 4) is 0 Å². The van der Waals surface area contributed by atoms with Crippen molar-refractivity contribution in [1.82, 2.24) is 15.7 Å². The second-order valence-corrected chi connectivity index (χ2v) is 6.41. The van der Waals surface area contributed by atoms with Crippen molar-refractivity contribution >= 4 is 34.4 Å². The van der Waals surface area contributed by atoms with E-state index in [9.17, 15) is 0 Å². The minimum absolute atomic E-state index is 0.469. The molecule has 3 N–H and O–H groups in total. The number of rotatable bonds is 3. The average Bonchev–Trinajstić information content (AvgIpc) is 2.93. The quantitative estimate of drug-likeness (QED) is 0.461. The maximum atomic E-state index is 5.33. The van der Waals surface area contributed by atoms with Crippen LogP contribution in [0, 0.1) is 5.92 Å². The van der Waals surface area contributed by atoms with E-state index in [-0.39, 0.29) is 0 Å². The van der Waals surface area contributed by atoms with Gasteiger partial charge in [-0.2, -0.15) is 5.10 Å². The third kappa shape index (κ3) is 3.47. The van der Waals surface area contributed by atoms with Crippen molar-refractivity contribution in [3.63, 3.8) is 0 Å². The highest BCUT2D eigenvalue weighted by Gasteiger charge is 2.21. The van der Waals surface area contributed by atoms with Gasteiger partial charge in [0.1, 0.15) is 0 Å². The summed E-state index contributed by atoms with van der Waals surface area (Å²) in [6.45, 7) is 2.29. The van der Waals surface area contributed by atoms with Gasteiger partial charge in [0.05, 0.1) is 6.21 Å². The maximum Gasteiger partial charge on any atom is 0.187 e. The SMILES string of the molecule is C[C@@H]1CCCC[C@H]1NC(=S)N/N=C/c1c[nH]c2ccccc12. The van der Waals surface area contributed by atoms with Crippen molar-refractivity contribution in [2.24, 2.45) is 11.0 Å². The first-order valence-corrected chi connectivity index (χ1v) is 8.30. The lowest BCUT2D eigenvalue weighted by molar-refractivity contribution is 0.308. The van der Waals surface area contributed by atoms with Crippen LogP contribution >= 0.6 is 12.2 Å². The zero-order valence-corrected chi connectivity index (χ0v) is 13.6. The zero-order valence-electron chi connectivity index (χ0n) is 12.8. The Balaban J connectivity index is 1.56. The fourth-order valence-corrected chi connectivity index (χ4v) is 3.30. The van der Waals surface area contributed by atoms with Crippen LogP contribution in [0.25, 0.3) is 10.9 Å². The number of aromatic amines is 1. The van der Waals surface area contributed by atoms with Crippen LogP contribution in [0.5, 0.6) is 0 Å². The summed E-state index contributed by atoms with van der Waals surface area (Å²) in [6.07, 6.45) is 8.84. The summed E-state index contributed by atoms with van der Waals surface area (Å²) >= 11 is 5.33. The molecule has 1 aliphatic carbocycles. The third-order valence-corrected chi connectivity index (χ3v) is 4.63. The van der Waals surface area contributed by atoms with Crippen LogP contribution in [0.15, 0.2) is 35.6 Å². The molecule has 0 spiro atoms. The van der Waals surface area contributed by atoms with Gasteiger partial charge in [-0.15, -0.1) is 0 Å². The Morgan fingerprint density at radius 2 is 2.14 bits per heavy atom. The van der Waals surface area contributed by atoms with Crippen LogP contribution < -0.4 is 10.7 Å². The molecule has 0 radical (unpaired) electrons. The molecule has 22 heavy (non-hydrogen) atoms. The smallest absolute Gasteiger partial charge is 0.187 e. The lowest BCUT2D eigenvalue weighted by Gasteiger charge is -2.30. The van der Waals surface area contributed by atoms with Gasteiger partial charge in [-0.3, -0.25) is 5.43 Å². The first kappa shape index (κ1) is 15.0. The highest BCUT2D eigenvalue weighted by molar-refractivity contribution is 7.80. The van der Waals surface area contributed by atoms with Gasteiger partial charge in [-0.25, -0.2) is 0 Å². The lowest BCUT2D eigenvalue weighted by atomic mass is 9.86. The van der Waals surface area contributed by atoms with Crippen LogP contribution in [-0.2, 0) is 0 Å². The van der Waals surface area contributed by atoms with E-state index in [2.05, 4.69) is 39.9 Å². The number of aromatic nitrogens is 1. The summed E-state index contributed by atoms with van der Waals surface area (Å²) in [4.78, 5) is 3.23. The van der Waals surface area contributed by atoms with E-state index in [4.69, 9.17) is 12.2 Å². The molecule has 1 heterocycles. The van der Waals surface area contributed by atoms with Gasteiger partial charge >= 0.3 is 0 Å². The van der Waals surface area contributed by atoms with Gasteiger partial charge in [0.2, 0.25) is 0 Å². The van der Waals surface area contributed by atoms with Gasteiger partial charge < -0.3 is 10.3 Å². The molecular weight excluding hydrogens is 292 g/mol. The van der Waals surface area contributed by atoms with Crippen molar-refractivity contribution in [2.45, 2.75) is 38.6 Å². The maximum absolute atomic E-state index is 5.33. The molecule has 5 heteroatoms. The van der Waals surface area contributed by atoms with Gasteiger partial charge in [0.25, 0.3) is 0 Å². The fourth-order valence-electron chi connectivity index (χ4n) is 3.09. The van der Waals surface area contributed by atoms with Crippen LogP contribution in [0.2, 0.25) is 0 Å². The monoisotopic (exact) mass is 314 g/mol. The second kappa shape index (κ2) is 6.92. The highest BCUT2D eigenvalue weighted by atomic mass is 32.1. The Morgan fingerprint density at radius 1 is 1.32 bits per heavy atom. The third-order valence-electron chi connectivity index (χ3n) is 4.42. The molecule has 2 aromatic rings. The lowest BCUT2D eigenvalue weighted by Crippen LogP contribution is -2.44. The van der Waals surface area contributed by atoms with Gasteiger partial charge in [0, 0.05) is 28.7 Å². The Labute approximate surface area is 136 Å². The molecule has 1 aromatic carbocycles. The molecule has 0 amide bonds. The molecule has 3 rings (SSSR count). The predicted octanol–water partition coefficient (Wildman–Crippen LogP) is 3.54. The summed E-state index contributed by atoms with van der Waals surface area (Å²) in [5.41, 5.74) is 5.09. The van der Waals surface area contributed by atoms with Crippen molar-refractivity contribution in [1.29, 1.82) is 0 Å². The number of fused-ring (bicyclic) bond motifs is 1. The molecule has 4 nitrogen and oxygen atoms in total. The van der Waals surface area contributed by atoms with Crippen LogP contribution in [-0.4, -0.2) is 22.4 Å². The topological polar surface area (TPSA) is 52.2 Å². The van der Waals surface area contributed by atoms with E-state index >= 15 is 0 Å². The molecule has 116 valence electrons. The summed E-state index contributed by atoms with van der Waals surface area (Å²) in [6, 6.07) is 8.64. The normalized spacial score (nSPS) is 22.0. The molecular formula is C17H22N4S. The van der Waals surface area contributed by atoms with Crippen molar-refractivity contribution in [2.75, 3.05) is 0 Å². The van der Waals surface area contributed by atoms with E-state index in [1.807, 2.05) is 18.3 Å². The number of H-pyrrole nitrogens is 1. The Morgan fingerprint density at radius 3 is 3.00 bits per heavy atom. The number of hydrogen-bond acceptors (Lipinski definition) is 2. The molecule has 0 bridgehead atoms. The minimum Gasteiger partial charge on any atom is -0.361 e. The van der Waals surface area contributed by atoms with Crippen LogP contribution in [0.3, 0.4) is 0 Å². The van der Waals surface area contributed by atoms with Crippen LogP contribution in [0.1, 0.15) is 38.2 Å². The number of hydrazone groups is 1. The molecule has 1 fully saturated rings. The molecule has 1 saturated carbocycles. The molecule has 0 aliphatic heterocycles. The van der Waals surface area contributed by atoms with E-state index in [1.165, 1.54) is 25.7 Å². The Hall–Kier alpha value is -1.88. The van der Waals surface area contributed by atoms with Crippen LogP contribution in [0.4, 0.5) is 0 Å². The van der Waals surface area contributed by atoms with E-state index in [1.54, 1.807) is 6.21 Å². The van der Waals surface area contributed by atoms with Gasteiger partial charge in [-0.05, 0) is 37.0 Å². The molecule has 0 unspecified atom stereocenters. The van der Waals surface area contributed by atoms with E-state index in [0.717, 1.165) is 16.5 Å². The fraction of sp³-hybridized carbons (Fsp3) is 0.412. The highest BCUT2D eigenvalue weighted by Crippen LogP contribution is 2.23. The van der Waals surface area contributed by atoms with E-state index in [0.29, 0.717) is 17.1 Å². The number of nitrogens with zero attached hydrogens (tertiary/aromatic N) is 1. The van der Waals surface area contributed by atoms with Crippen molar-refractivity contribution < 1.29 is 0 Å². The first-order chi connectivity index (χ1) is 10.7. The first-order valence-electron chi connectivity index (χ1n) is 7.90. The number of thiocarbonyl (C=S) groups is 1. The average molecular weight is 314 g/mol. The summed E-state index contributed by atoms with van der Waals surface area (Å²) < 4.78 is 0. The molecule has 1 aromatic heterocycles. The summed E-state index contributed by atoms with van der Waals surface area (Å²) in [5, 5.41) is 9.41. The molecule has 0 saturated heterocycles. The number of benzene rings is 1. The zero-order chi connectivity index (χ0) is 15.4. The second-order valence-electron chi connectivity index (χ2n) is 6.00. The number of para-hydroxylation sites is 1. The Kier molecular flexibility index (Phi) is 4.73. The number of hydrogen-bond donors (Lipinski definition) is 3. The predicted molar refractivity (Wildman–Crippen MR) is 96.2 cm³/mol. The minimum atomic E-state index is 0.469. The van der Waals surface area contributed by atoms with E-state index < -0.39 is 0 Å². The number of nitrogens with one attached hydrogen (secondary N) is 3.